The molecule has 0 saturated carbocycles. The van der Waals surface area contributed by atoms with Crippen LogP contribution in [-0.4, -0.2) is 15.8 Å². The van der Waals surface area contributed by atoms with Crippen molar-refractivity contribution in [1.29, 1.82) is 0 Å². The van der Waals surface area contributed by atoms with Crippen molar-refractivity contribution >= 4 is 5.82 Å². The molecule has 0 saturated heterocycles. The molecule has 1 aromatic rings. The molecule has 1 rings (SSSR count). The van der Waals surface area contributed by atoms with Gasteiger partial charge in [0.05, 0.1) is 5.69 Å². The zero-order valence-corrected chi connectivity index (χ0v) is 9.13. The highest BCUT2D eigenvalue weighted by Gasteiger charge is 2.08. The van der Waals surface area contributed by atoms with Crippen molar-refractivity contribution in [2.24, 2.45) is 7.05 Å². The third kappa shape index (κ3) is 2.47. The van der Waals surface area contributed by atoms with E-state index < -0.39 is 0 Å². The second kappa shape index (κ2) is 3.81. The first kappa shape index (κ1) is 10.1. The van der Waals surface area contributed by atoms with Crippen molar-refractivity contribution < 1.29 is 0 Å². The van der Waals surface area contributed by atoms with Crippen molar-refractivity contribution in [2.45, 2.75) is 39.7 Å². The Morgan fingerprint density at radius 1 is 1.31 bits per heavy atom. The molecular weight excluding hydrogens is 162 g/mol. The molecule has 74 valence electrons. The molecule has 1 N–H and O–H groups in total. The number of nitrogens with zero attached hydrogens (tertiary/aromatic N) is 2. The minimum atomic E-state index is 0.454. The molecule has 13 heavy (non-hydrogen) atoms. The summed E-state index contributed by atoms with van der Waals surface area (Å²) < 4.78 is 1.90. The Kier molecular flexibility index (Phi) is 2.96. The van der Waals surface area contributed by atoms with Gasteiger partial charge in [0.15, 0.2) is 0 Å². The number of anilines is 1. The van der Waals surface area contributed by atoms with Crippen LogP contribution in [0.25, 0.3) is 0 Å². The Bertz CT molecular complexity index is 274. The highest BCUT2D eigenvalue weighted by Crippen LogP contribution is 2.17. The lowest BCUT2D eigenvalue weighted by atomic mass is 10.1. The first-order chi connectivity index (χ1) is 6.00. The zero-order valence-electron chi connectivity index (χ0n) is 9.13. The van der Waals surface area contributed by atoms with E-state index in [-0.39, 0.29) is 0 Å². The fourth-order valence-electron chi connectivity index (χ4n) is 1.20. The molecular formula is C10H19N3. The van der Waals surface area contributed by atoms with Crippen LogP contribution in [0.1, 0.15) is 39.3 Å². The van der Waals surface area contributed by atoms with E-state index in [1.54, 1.807) is 0 Å². The van der Waals surface area contributed by atoms with Crippen LogP contribution in [-0.2, 0) is 7.05 Å². The molecule has 0 aliphatic heterocycles. The van der Waals surface area contributed by atoms with Gasteiger partial charge in [-0.15, -0.1) is 0 Å². The van der Waals surface area contributed by atoms with Gasteiger partial charge in [-0.25, -0.2) is 0 Å². The third-order valence-electron chi connectivity index (χ3n) is 1.93. The van der Waals surface area contributed by atoms with Crippen molar-refractivity contribution in [2.75, 3.05) is 5.32 Å². The van der Waals surface area contributed by atoms with Crippen LogP contribution >= 0.6 is 0 Å². The summed E-state index contributed by atoms with van der Waals surface area (Å²) in [5, 5.41) is 7.77. The molecule has 3 heteroatoms. The van der Waals surface area contributed by atoms with E-state index in [0.29, 0.717) is 12.0 Å². The number of hydrogen-bond donors (Lipinski definition) is 1. The summed E-state index contributed by atoms with van der Waals surface area (Å²) >= 11 is 0. The van der Waals surface area contributed by atoms with Gasteiger partial charge < -0.3 is 5.32 Å². The molecule has 0 radical (unpaired) electrons. The second-order valence-electron chi connectivity index (χ2n) is 4.03. The number of nitrogens with one attached hydrogen (secondary N) is 1. The van der Waals surface area contributed by atoms with Gasteiger partial charge in [0.2, 0.25) is 0 Å². The molecule has 0 unspecified atom stereocenters. The number of rotatable bonds is 3. The highest BCUT2D eigenvalue weighted by atomic mass is 15.3. The summed E-state index contributed by atoms with van der Waals surface area (Å²) in [6.45, 7) is 8.56. The number of aromatic nitrogens is 2. The predicted octanol–water partition coefficient (Wildman–Crippen LogP) is 2.36. The summed E-state index contributed by atoms with van der Waals surface area (Å²) in [7, 11) is 1.97. The Morgan fingerprint density at radius 2 is 1.92 bits per heavy atom. The first-order valence-corrected chi connectivity index (χ1v) is 4.81. The average molecular weight is 181 g/mol. The Hall–Kier alpha value is -0.990. The lowest BCUT2D eigenvalue weighted by molar-refractivity contribution is 0.709. The summed E-state index contributed by atoms with van der Waals surface area (Å²) in [6, 6.07) is 2.57. The van der Waals surface area contributed by atoms with E-state index in [2.05, 4.69) is 44.2 Å². The van der Waals surface area contributed by atoms with Crippen LogP contribution in [0.2, 0.25) is 0 Å². The van der Waals surface area contributed by atoms with Crippen LogP contribution in [0.5, 0.6) is 0 Å². The maximum atomic E-state index is 4.42. The van der Waals surface area contributed by atoms with E-state index in [9.17, 15) is 0 Å². The third-order valence-corrected chi connectivity index (χ3v) is 1.93. The van der Waals surface area contributed by atoms with Gasteiger partial charge in [-0.3, -0.25) is 4.68 Å². The lowest BCUT2D eigenvalue weighted by Crippen LogP contribution is -2.12. The minimum absolute atomic E-state index is 0.454. The standard InChI is InChI=1S/C10H19N3/c1-7(2)9-6-10(11-8(3)4)13(5)12-9/h6-8,11H,1-5H3. The molecule has 0 bridgehead atoms. The normalized spacial score (nSPS) is 11.3. The molecule has 0 spiro atoms. The Balaban J connectivity index is 2.83. The zero-order chi connectivity index (χ0) is 10.0. The fourth-order valence-corrected chi connectivity index (χ4v) is 1.20. The predicted molar refractivity (Wildman–Crippen MR) is 56.1 cm³/mol. The van der Waals surface area contributed by atoms with Gasteiger partial charge >= 0.3 is 0 Å². The van der Waals surface area contributed by atoms with Crippen molar-refractivity contribution in [3.8, 4) is 0 Å². The van der Waals surface area contributed by atoms with Crippen LogP contribution in [0.15, 0.2) is 6.07 Å². The highest BCUT2D eigenvalue weighted by molar-refractivity contribution is 5.38. The van der Waals surface area contributed by atoms with Crippen LogP contribution < -0.4 is 5.32 Å². The molecule has 1 heterocycles. The van der Waals surface area contributed by atoms with Crippen molar-refractivity contribution in [3.63, 3.8) is 0 Å². The lowest BCUT2D eigenvalue weighted by Gasteiger charge is -2.08. The SMILES string of the molecule is CC(C)Nc1cc(C(C)C)nn1C. The summed E-state index contributed by atoms with van der Waals surface area (Å²) in [4.78, 5) is 0. The van der Waals surface area contributed by atoms with Gasteiger partial charge in [-0.1, -0.05) is 13.8 Å². The van der Waals surface area contributed by atoms with E-state index >= 15 is 0 Å². The molecule has 0 aromatic carbocycles. The first-order valence-electron chi connectivity index (χ1n) is 4.81. The van der Waals surface area contributed by atoms with Crippen LogP contribution in [0.3, 0.4) is 0 Å². The van der Waals surface area contributed by atoms with Crippen molar-refractivity contribution in [3.05, 3.63) is 11.8 Å². The van der Waals surface area contributed by atoms with Crippen LogP contribution in [0, 0.1) is 0 Å². The molecule has 1 aromatic heterocycles. The van der Waals surface area contributed by atoms with Gasteiger partial charge in [0.1, 0.15) is 5.82 Å². The van der Waals surface area contributed by atoms with Crippen LogP contribution in [0.4, 0.5) is 5.82 Å². The molecule has 0 aliphatic carbocycles. The van der Waals surface area contributed by atoms with E-state index in [0.717, 1.165) is 11.5 Å². The fraction of sp³-hybridized carbons (Fsp3) is 0.700. The number of aryl methyl sites for hydroxylation is 1. The quantitative estimate of drug-likeness (QED) is 0.775. The molecule has 0 aliphatic rings. The van der Waals surface area contributed by atoms with E-state index in [4.69, 9.17) is 0 Å². The maximum absolute atomic E-state index is 4.42. The second-order valence-corrected chi connectivity index (χ2v) is 4.03. The summed E-state index contributed by atoms with van der Waals surface area (Å²) in [6.07, 6.45) is 0. The van der Waals surface area contributed by atoms with Gasteiger partial charge in [-0.2, -0.15) is 5.10 Å². The van der Waals surface area contributed by atoms with Gasteiger partial charge in [0, 0.05) is 19.2 Å². The van der Waals surface area contributed by atoms with Gasteiger partial charge in [-0.05, 0) is 19.8 Å². The monoisotopic (exact) mass is 181 g/mol. The maximum Gasteiger partial charge on any atom is 0.124 e. The van der Waals surface area contributed by atoms with Gasteiger partial charge in [0.25, 0.3) is 0 Å². The number of hydrogen-bond acceptors (Lipinski definition) is 2. The molecule has 0 fully saturated rings. The molecule has 3 nitrogen and oxygen atoms in total. The Labute approximate surface area is 80.1 Å². The Morgan fingerprint density at radius 3 is 2.31 bits per heavy atom. The average Bonchev–Trinajstić information content (AvgIpc) is 2.31. The minimum Gasteiger partial charge on any atom is -0.368 e. The molecule has 0 atom stereocenters. The molecule has 0 amide bonds. The largest absolute Gasteiger partial charge is 0.368 e. The summed E-state index contributed by atoms with van der Waals surface area (Å²) in [5.41, 5.74) is 1.14. The summed E-state index contributed by atoms with van der Waals surface area (Å²) in [5.74, 6) is 1.59. The van der Waals surface area contributed by atoms with E-state index in [1.165, 1.54) is 0 Å². The topological polar surface area (TPSA) is 29.9 Å². The van der Waals surface area contributed by atoms with Crippen molar-refractivity contribution in [1.82, 2.24) is 9.78 Å². The smallest absolute Gasteiger partial charge is 0.124 e. The van der Waals surface area contributed by atoms with E-state index in [1.807, 2.05) is 11.7 Å².